The number of hydrogen-bond donors (Lipinski definition) is 1. The second kappa shape index (κ2) is 11.0. The average Bonchev–Trinajstić information content (AvgIpc) is 3.34. The normalized spacial score (nSPS) is 13.0. The third kappa shape index (κ3) is 5.23. The van der Waals surface area contributed by atoms with Crippen LogP contribution in [-0.2, 0) is 10.0 Å². The highest BCUT2D eigenvalue weighted by Gasteiger charge is 2.32. The van der Waals surface area contributed by atoms with E-state index in [0.29, 0.717) is 34.6 Å². The van der Waals surface area contributed by atoms with Crippen molar-refractivity contribution in [3.63, 3.8) is 0 Å². The number of benzene rings is 1. The average molecular weight is 540 g/mol. The summed E-state index contributed by atoms with van der Waals surface area (Å²) in [4.78, 5) is 13.1. The molecule has 4 aromatic rings. The standard InChI is InChI=1S/C25H29N7O5S/c1-15-13-26-23(27-14-15)16(2)17(3)38(33,34)31-25-30-29-24(18-9-7-12-21(28-18)37-6)32(25)22-19(35-4)10-8-11-20(22)36-5/h7-14,16-17H,1-6H3,(H,30,31). The largest absolute Gasteiger partial charge is 0.494 e. The second-order valence-electron chi connectivity index (χ2n) is 8.52. The number of rotatable bonds is 10. The molecule has 0 saturated carbocycles. The van der Waals surface area contributed by atoms with Crippen LogP contribution in [0.2, 0.25) is 0 Å². The zero-order valence-corrected chi connectivity index (χ0v) is 22.7. The first kappa shape index (κ1) is 26.8. The number of anilines is 1. The van der Waals surface area contributed by atoms with Gasteiger partial charge in [0.1, 0.15) is 28.7 Å². The lowest BCUT2D eigenvalue weighted by Crippen LogP contribution is -2.31. The van der Waals surface area contributed by atoms with Crippen LogP contribution < -0.4 is 18.9 Å². The lowest BCUT2D eigenvalue weighted by Gasteiger charge is -2.21. The topological polar surface area (TPSA) is 143 Å². The van der Waals surface area contributed by atoms with Gasteiger partial charge in [0.25, 0.3) is 0 Å². The van der Waals surface area contributed by atoms with Gasteiger partial charge in [0.2, 0.25) is 21.9 Å². The fourth-order valence-electron chi connectivity index (χ4n) is 3.77. The maximum atomic E-state index is 13.6. The minimum atomic E-state index is -4.00. The quantitative estimate of drug-likeness (QED) is 0.318. The molecule has 0 aliphatic rings. The molecule has 4 rings (SSSR count). The zero-order valence-electron chi connectivity index (χ0n) is 21.9. The molecule has 0 aliphatic carbocycles. The van der Waals surface area contributed by atoms with Crippen LogP contribution in [0.3, 0.4) is 0 Å². The highest BCUT2D eigenvalue weighted by molar-refractivity contribution is 7.93. The summed E-state index contributed by atoms with van der Waals surface area (Å²) < 4.78 is 47.7. The summed E-state index contributed by atoms with van der Waals surface area (Å²) in [7, 11) is 0.500. The van der Waals surface area contributed by atoms with Gasteiger partial charge in [-0.2, -0.15) is 0 Å². The van der Waals surface area contributed by atoms with Crippen LogP contribution in [0.4, 0.5) is 5.95 Å². The Balaban J connectivity index is 1.84. The van der Waals surface area contributed by atoms with Gasteiger partial charge in [-0.25, -0.2) is 23.4 Å². The van der Waals surface area contributed by atoms with Gasteiger partial charge in [0, 0.05) is 24.4 Å². The maximum Gasteiger partial charge on any atom is 0.243 e. The lowest BCUT2D eigenvalue weighted by atomic mass is 10.1. The molecule has 3 heterocycles. The second-order valence-corrected chi connectivity index (χ2v) is 10.6. The van der Waals surface area contributed by atoms with E-state index in [9.17, 15) is 8.42 Å². The van der Waals surface area contributed by atoms with Crippen molar-refractivity contribution in [3.8, 4) is 34.6 Å². The van der Waals surface area contributed by atoms with Crippen molar-refractivity contribution < 1.29 is 22.6 Å². The van der Waals surface area contributed by atoms with Gasteiger partial charge >= 0.3 is 0 Å². The Morgan fingerprint density at radius 1 is 0.895 bits per heavy atom. The molecule has 38 heavy (non-hydrogen) atoms. The fraction of sp³-hybridized carbons (Fsp3) is 0.320. The molecule has 200 valence electrons. The summed E-state index contributed by atoms with van der Waals surface area (Å²) in [6, 6.07) is 10.3. The van der Waals surface area contributed by atoms with Crippen molar-refractivity contribution in [3.05, 3.63) is 60.2 Å². The van der Waals surface area contributed by atoms with Crippen LogP contribution in [0.1, 0.15) is 31.2 Å². The molecule has 0 amide bonds. The Morgan fingerprint density at radius 2 is 1.53 bits per heavy atom. The van der Waals surface area contributed by atoms with Crippen LogP contribution >= 0.6 is 0 Å². The summed E-state index contributed by atoms with van der Waals surface area (Å²) >= 11 is 0. The highest BCUT2D eigenvalue weighted by atomic mass is 32.2. The van der Waals surface area contributed by atoms with Crippen LogP contribution in [0.25, 0.3) is 17.2 Å². The Bertz CT molecular complexity index is 1500. The predicted molar refractivity (Wildman–Crippen MR) is 141 cm³/mol. The summed E-state index contributed by atoms with van der Waals surface area (Å²) in [5, 5.41) is 7.55. The number of ether oxygens (including phenoxy) is 3. The van der Waals surface area contributed by atoms with Crippen molar-refractivity contribution in [1.29, 1.82) is 0 Å². The molecule has 1 aromatic carbocycles. The van der Waals surface area contributed by atoms with Crippen LogP contribution in [0.15, 0.2) is 48.8 Å². The smallest absolute Gasteiger partial charge is 0.243 e. The molecule has 0 bridgehead atoms. The van der Waals surface area contributed by atoms with E-state index in [0.717, 1.165) is 5.56 Å². The molecule has 0 spiro atoms. The van der Waals surface area contributed by atoms with E-state index in [1.807, 2.05) is 6.92 Å². The molecule has 0 fully saturated rings. The van der Waals surface area contributed by atoms with E-state index < -0.39 is 21.2 Å². The SMILES string of the molecule is COc1cccc(-c2nnc(NS(=O)(=O)C(C)C(C)c3ncc(C)cn3)n2-c2c(OC)cccc2OC)n1. The van der Waals surface area contributed by atoms with Gasteiger partial charge in [0.15, 0.2) is 5.82 Å². The molecule has 1 N–H and O–H groups in total. The van der Waals surface area contributed by atoms with E-state index in [2.05, 4.69) is 29.9 Å². The molecule has 2 atom stereocenters. The minimum Gasteiger partial charge on any atom is -0.494 e. The molecule has 0 saturated heterocycles. The van der Waals surface area contributed by atoms with E-state index in [1.165, 1.54) is 25.9 Å². The Labute approximate surface area is 221 Å². The van der Waals surface area contributed by atoms with E-state index >= 15 is 0 Å². The molecule has 13 heteroatoms. The Hall–Kier alpha value is -4.26. The van der Waals surface area contributed by atoms with Crippen LogP contribution in [0, 0.1) is 6.92 Å². The van der Waals surface area contributed by atoms with Gasteiger partial charge in [0.05, 0.1) is 26.6 Å². The van der Waals surface area contributed by atoms with Crippen LogP contribution in [0.5, 0.6) is 17.4 Å². The number of hydrogen-bond acceptors (Lipinski definition) is 10. The number of para-hydroxylation sites is 1. The summed E-state index contributed by atoms with van der Waals surface area (Å²) in [5.74, 6) is 1.24. The van der Waals surface area contributed by atoms with Gasteiger partial charge in [-0.15, -0.1) is 10.2 Å². The third-order valence-corrected chi connectivity index (χ3v) is 7.94. The number of sulfonamides is 1. The maximum absolute atomic E-state index is 13.6. The molecule has 3 aromatic heterocycles. The molecule has 2 unspecified atom stereocenters. The van der Waals surface area contributed by atoms with Gasteiger partial charge < -0.3 is 14.2 Å². The fourth-order valence-corrected chi connectivity index (χ4v) is 5.00. The number of pyridine rings is 1. The minimum absolute atomic E-state index is 0.0729. The van der Waals surface area contributed by atoms with Crippen LogP contribution in [-0.4, -0.2) is 64.7 Å². The summed E-state index contributed by atoms with van der Waals surface area (Å²) in [6.07, 6.45) is 3.31. The highest BCUT2D eigenvalue weighted by Crippen LogP contribution is 2.38. The molecular weight excluding hydrogens is 510 g/mol. The van der Waals surface area contributed by atoms with Crippen molar-refractivity contribution in [2.75, 3.05) is 26.1 Å². The summed E-state index contributed by atoms with van der Waals surface area (Å²) in [6.45, 7) is 5.21. The van der Waals surface area contributed by atoms with E-state index in [4.69, 9.17) is 14.2 Å². The van der Waals surface area contributed by atoms with Crippen molar-refractivity contribution in [1.82, 2.24) is 29.7 Å². The molecular formula is C25H29N7O5S. The first-order valence-corrected chi connectivity index (χ1v) is 13.2. The van der Waals surface area contributed by atoms with Gasteiger partial charge in [-0.05, 0) is 37.6 Å². The van der Waals surface area contributed by atoms with Gasteiger partial charge in [-0.1, -0.05) is 19.1 Å². The molecule has 12 nitrogen and oxygen atoms in total. The van der Waals surface area contributed by atoms with E-state index in [-0.39, 0.29) is 11.8 Å². The lowest BCUT2D eigenvalue weighted by molar-refractivity contribution is 0.391. The van der Waals surface area contributed by atoms with Gasteiger partial charge in [-0.3, -0.25) is 9.29 Å². The summed E-state index contributed by atoms with van der Waals surface area (Å²) in [5.41, 5.74) is 1.67. The molecule has 0 aliphatic heterocycles. The number of aromatic nitrogens is 6. The van der Waals surface area contributed by atoms with Crippen molar-refractivity contribution in [2.45, 2.75) is 31.9 Å². The monoisotopic (exact) mass is 539 g/mol. The first-order chi connectivity index (χ1) is 18.2. The zero-order chi connectivity index (χ0) is 27.4. The number of methoxy groups -OCH3 is 3. The predicted octanol–water partition coefficient (Wildman–Crippen LogP) is 3.39. The van der Waals surface area contributed by atoms with E-state index in [1.54, 1.807) is 62.6 Å². The first-order valence-electron chi connectivity index (χ1n) is 11.7. The van der Waals surface area contributed by atoms with Crippen molar-refractivity contribution >= 4 is 16.0 Å². The Kier molecular flexibility index (Phi) is 7.76. The van der Waals surface area contributed by atoms with Crippen molar-refractivity contribution in [2.24, 2.45) is 0 Å². The molecule has 0 radical (unpaired) electrons. The number of aryl methyl sites for hydroxylation is 1. The number of nitrogens with one attached hydrogen (secondary N) is 1. The third-order valence-electron chi connectivity index (χ3n) is 6.09. The Morgan fingerprint density at radius 3 is 2.13 bits per heavy atom. The number of nitrogens with zero attached hydrogens (tertiary/aromatic N) is 6.